The van der Waals surface area contributed by atoms with Crippen LogP contribution in [-0.2, 0) is 13.1 Å². The second-order valence-corrected chi connectivity index (χ2v) is 5.86. The average Bonchev–Trinajstić information content (AvgIpc) is 2.57. The van der Waals surface area contributed by atoms with Gasteiger partial charge in [0.1, 0.15) is 5.82 Å². The molecule has 2 rings (SSSR count). The minimum absolute atomic E-state index is 0.126. The molecule has 0 saturated carbocycles. The normalized spacial score (nSPS) is 10.7. The lowest BCUT2D eigenvalue weighted by Gasteiger charge is -2.25. The van der Waals surface area contributed by atoms with Gasteiger partial charge in [0.15, 0.2) is 0 Å². The fourth-order valence-electron chi connectivity index (χ4n) is 2.75. The average molecular weight is 314 g/mol. The Bertz CT molecular complexity index is 577. The highest BCUT2D eigenvalue weighted by atomic mass is 19.1. The van der Waals surface area contributed by atoms with Crippen LogP contribution in [0.1, 0.15) is 37.8 Å². The van der Waals surface area contributed by atoms with Crippen LogP contribution in [0, 0.1) is 5.82 Å². The fraction of sp³-hybridized carbons (Fsp3) is 0.400. The molecule has 0 aliphatic heterocycles. The number of benzene rings is 2. The summed E-state index contributed by atoms with van der Waals surface area (Å²) < 4.78 is 14.2. The van der Waals surface area contributed by atoms with Crippen molar-refractivity contribution in [2.75, 3.05) is 18.0 Å². The minimum atomic E-state index is -0.126. The zero-order valence-corrected chi connectivity index (χ0v) is 14.2. The van der Waals surface area contributed by atoms with E-state index in [1.807, 2.05) is 30.3 Å². The van der Waals surface area contributed by atoms with E-state index in [0.29, 0.717) is 0 Å². The molecule has 0 amide bonds. The van der Waals surface area contributed by atoms with Crippen molar-refractivity contribution in [3.05, 3.63) is 65.5 Å². The zero-order chi connectivity index (χ0) is 16.5. The molecule has 0 aromatic heterocycles. The van der Waals surface area contributed by atoms with Crippen molar-refractivity contribution in [2.24, 2.45) is 0 Å². The van der Waals surface area contributed by atoms with Crippen molar-refractivity contribution in [3.8, 4) is 0 Å². The number of nitrogens with zero attached hydrogens (tertiary/aromatic N) is 1. The molecule has 0 atom stereocenters. The molecule has 2 aromatic rings. The Morgan fingerprint density at radius 1 is 0.870 bits per heavy atom. The molecular weight excluding hydrogens is 287 g/mol. The molecule has 0 spiro atoms. The van der Waals surface area contributed by atoms with E-state index in [2.05, 4.69) is 36.2 Å². The molecule has 0 aliphatic carbocycles. The molecule has 2 aromatic carbocycles. The molecule has 2 nitrogen and oxygen atoms in total. The first-order valence-corrected chi connectivity index (χ1v) is 8.52. The molecule has 0 radical (unpaired) electrons. The van der Waals surface area contributed by atoms with Gasteiger partial charge < -0.3 is 10.2 Å². The van der Waals surface area contributed by atoms with Gasteiger partial charge in [-0.25, -0.2) is 4.39 Å². The highest BCUT2D eigenvalue weighted by Gasteiger charge is 2.11. The summed E-state index contributed by atoms with van der Waals surface area (Å²) in [5, 5.41) is 3.43. The third-order valence-corrected chi connectivity index (χ3v) is 3.84. The van der Waals surface area contributed by atoms with Crippen LogP contribution in [0.2, 0.25) is 0 Å². The second-order valence-electron chi connectivity index (χ2n) is 5.86. The maximum Gasteiger partial charge on any atom is 0.146 e. The number of anilines is 1. The van der Waals surface area contributed by atoms with E-state index in [0.717, 1.165) is 50.3 Å². The summed E-state index contributed by atoms with van der Waals surface area (Å²) in [7, 11) is 0. The Labute approximate surface area is 139 Å². The van der Waals surface area contributed by atoms with E-state index in [9.17, 15) is 4.39 Å². The summed E-state index contributed by atoms with van der Waals surface area (Å²) in [4.78, 5) is 2.15. The summed E-state index contributed by atoms with van der Waals surface area (Å²) in [6.45, 7) is 7.62. The Hall–Kier alpha value is -1.87. The van der Waals surface area contributed by atoms with Crippen LogP contribution < -0.4 is 10.2 Å². The van der Waals surface area contributed by atoms with Gasteiger partial charge in [-0.2, -0.15) is 0 Å². The van der Waals surface area contributed by atoms with Crippen molar-refractivity contribution in [1.29, 1.82) is 0 Å². The van der Waals surface area contributed by atoms with Crippen molar-refractivity contribution < 1.29 is 4.39 Å². The molecule has 0 fully saturated rings. The molecular formula is C20H27FN2. The van der Waals surface area contributed by atoms with Crippen LogP contribution in [0.3, 0.4) is 0 Å². The van der Waals surface area contributed by atoms with Gasteiger partial charge >= 0.3 is 0 Å². The molecule has 0 unspecified atom stereocenters. The number of rotatable bonds is 9. The van der Waals surface area contributed by atoms with Gasteiger partial charge in [-0.05, 0) is 36.1 Å². The summed E-state index contributed by atoms with van der Waals surface area (Å²) in [5.41, 5.74) is 3.11. The molecule has 3 heteroatoms. The topological polar surface area (TPSA) is 15.3 Å². The van der Waals surface area contributed by atoms with Crippen molar-refractivity contribution >= 4 is 5.69 Å². The predicted molar refractivity (Wildman–Crippen MR) is 96.2 cm³/mol. The summed E-state index contributed by atoms with van der Waals surface area (Å²) in [5.74, 6) is -0.126. The zero-order valence-electron chi connectivity index (χ0n) is 14.2. The maximum absolute atomic E-state index is 14.2. The number of hydrogen-bond acceptors (Lipinski definition) is 2. The lowest BCUT2D eigenvalue weighted by molar-refractivity contribution is 0.610. The first-order valence-electron chi connectivity index (χ1n) is 8.52. The largest absolute Gasteiger partial charge is 0.369 e. The molecule has 23 heavy (non-hydrogen) atoms. The molecule has 0 heterocycles. The van der Waals surface area contributed by atoms with Crippen molar-refractivity contribution in [3.63, 3.8) is 0 Å². The van der Waals surface area contributed by atoms with Crippen LogP contribution in [0.15, 0.2) is 48.5 Å². The molecule has 124 valence electrons. The van der Waals surface area contributed by atoms with Gasteiger partial charge in [-0.3, -0.25) is 0 Å². The predicted octanol–water partition coefficient (Wildman–Crippen LogP) is 4.74. The molecule has 0 bridgehead atoms. The van der Waals surface area contributed by atoms with Crippen LogP contribution in [-0.4, -0.2) is 13.1 Å². The Morgan fingerprint density at radius 3 is 2.17 bits per heavy atom. The highest BCUT2D eigenvalue weighted by Crippen LogP contribution is 2.22. The number of halogens is 1. The van der Waals surface area contributed by atoms with E-state index < -0.39 is 0 Å². The summed E-state index contributed by atoms with van der Waals surface area (Å²) >= 11 is 0. The van der Waals surface area contributed by atoms with Crippen molar-refractivity contribution in [1.82, 2.24) is 5.32 Å². The Kier molecular flexibility index (Phi) is 7.08. The van der Waals surface area contributed by atoms with Crippen LogP contribution in [0.25, 0.3) is 0 Å². The Balaban J connectivity index is 2.01. The van der Waals surface area contributed by atoms with Gasteiger partial charge in [0.25, 0.3) is 0 Å². The van der Waals surface area contributed by atoms with Gasteiger partial charge in [-0.1, -0.05) is 50.2 Å². The lowest BCUT2D eigenvalue weighted by atomic mass is 10.1. The summed E-state index contributed by atoms with van der Waals surface area (Å²) in [6, 6.07) is 15.8. The number of hydrogen-bond donors (Lipinski definition) is 1. The van der Waals surface area contributed by atoms with E-state index in [1.165, 1.54) is 5.56 Å². The van der Waals surface area contributed by atoms with E-state index in [-0.39, 0.29) is 5.82 Å². The first-order chi connectivity index (χ1) is 11.2. The van der Waals surface area contributed by atoms with Crippen LogP contribution in [0.4, 0.5) is 10.1 Å². The number of nitrogens with one attached hydrogen (secondary N) is 1. The van der Waals surface area contributed by atoms with Gasteiger partial charge in [-0.15, -0.1) is 0 Å². The molecule has 0 saturated heterocycles. The third-order valence-electron chi connectivity index (χ3n) is 3.84. The monoisotopic (exact) mass is 314 g/mol. The van der Waals surface area contributed by atoms with E-state index in [4.69, 9.17) is 0 Å². The minimum Gasteiger partial charge on any atom is -0.369 e. The van der Waals surface area contributed by atoms with Gasteiger partial charge in [0.05, 0.1) is 5.69 Å². The SMILES string of the molecule is CCCN(CCC)c1cc(CNCc2ccccc2)ccc1F. The van der Waals surface area contributed by atoms with Gasteiger partial charge in [0, 0.05) is 26.2 Å². The van der Waals surface area contributed by atoms with Crippen LogP contribution >= 0.6 is 0 Å². The lowest BCUT2D eigenvalue weighted by Crippen LogP contribution is -2.26. The highest BCUT2D eigenvalue weighted by molar-refractivity contribution is 5.50. The molecule has 1 N–H and O–H groups in total. The maximum atomic E-state index is 14.2. The van der Waals surface area contributed by atoms with E-state index >= 15 is 0 Å². The Morgan fingerprint density at radius 2 is 1.52 bits per heavy atom. The van der Waals surface area contributed by atoms with Crippen molar-refractivity contribution in [2.45, 2.75) is 39.8 Å². The summed E-state index contributed by atoms with van der Waals surface area (Å²) in [6.07, 6.45) is 2.05. The molecule has 0 aliphatic rings. The third kappa shape index (κ3) is 5.36. The van der Waals surface area contributed by atoms with E-state index in [1.54, 1.807) is 6.07 Å². The first kappa shape index (κ1) is 17.5. The fourth-order valence-corrected chi connectivity index (χ4v) is 2.75. The standard InChI is InChI=1S/C20H27FN2/c1-3-12-23(13-4-2)20-14-18(10-11-19(20)21)16-22-15-17-8-6-5-7-9-17/h5-11,14,22H,3-4,12-13,15-16H2,1-2H3. The van der Waals surface area contributed by atoms with Gasteiger partial charge in [0.2, 0.25) is 0 Å². The quantitative estimate of drug-likeness (QED) is 0.719. The van der Waals surface area contributed by atoms with Crippen LogP contribution in [0.5, 0.6) is 0 Å². The smallest absolute Gasteiger partial charge is 0.146 e. The second kappa shape index (κ2) is 9.31.